The number of hydrogen-bond donors (Lipinski definition) is 2. The van der Waals surface area contributed by atoms with Crippen molar-refractivity contribution in [2.24, 2.45) is 0 Å². The number of para-hydroxylation sites is 1. The van der Waals surface area contributed by atoms with Crippen LogP contribution in [0, 0.1) is 5.82 Å². The van der Waals surface area contributed by atoms with Crippen LogP contribution in [0.15, 0.2) is 36.4 Å². The van der Waals surface area contributed by atoms with Gasteiger partial charge in [0.2, 0.25) is 0 Å². The highest BCUT2D eigenvalue weighted by Gasteiger charge is 2.12. The van der Waals surface area contributed by atoms with Crippen molar-refractivity contribution in [3.8, 4) is 0 Å². The molecule has 0 saturated carbocycles. The number of halogens is 1. The van der Waals surface area contributed by atoms with Crippen LogP contribution >= 0.6 is 0 Å². The van der Waals surface area contributed by atoms with Gasteiger partial charge >= 0.3 is 0 Å². The van der Waals surface area contributed by atoms with Crippen molar-refractivity contribution < 1.29 is 9.18 Å². The summed E-state index contributed by atoms with van der Waals surface area (Å²) >= 11 is 0. The number of rotatable bonds is 4. The lowest BCUT2D eigenvalue weighted by molar-refractivity contribution is 0.102. The summed E-state index contributed by atoms with van der Waals surface area (Å²) < 4.78 is 13.2. The van der Waals surface area contributed by atoms with Crippen LogP contribution in [0.4, 0.5) is 15.8 Å². The molecule has 0 atom stereocenters. The lowest BCUT2D eigenvalue weighted by Gasteiger charge is -2.14. The lowest BCUT2D eigenvalue weighted by Crippen LogP contribution is -2.15. The zero-order valence-corrected chi connectivity index (χ0v) is 12.2. The van der Waals surface area contributed by atoms with E-state index in [2.05, 4.69) is 5.32 Å². The Kier molecular flexibility index (Phi) is 4.58. The first-order valence-electron chi connectivity index (χ1n) is 7.04. The summed E-state index contributed by atoms with van der Waals surface area (Å²) in [6.45, 7) is 4.08. The van der Waals surface area contributed by atoms with Gasteiger partial charge in [-0.2, -0.15) is 0 Å². The van der Waals surface area contributed by atoms with Crippen molar-refractivity contribution in [1.29, 1.82) is 0 Å². The van der Waals surface area contributed by atoms with Gasteiger partial charge in [-0.3, -0.25) is 4.79 Å². The molecule has 0 aliphatic rings. The van der Waals surface area contributed by atoms with Crippen LogP contribution in [-0.2, 0) is 12.8 Å². The quantitative estimate of drug-likeness (QED) is 0.840. The van der Waals surface area contributed by atoms with Crippen LogP contribution < -0.4 is 11.1 Å². The minimum Gasteiger partial charge on any atom is -0.396 e. The van der Waals surface area contributed by atoms with Gasteiger partial charge < -0.3 is 11.1 Å². The van der Waals surface area contributed by atoms with E-state index in [-0.39, 0.29) is 11.6 Å². The van der Waals surface area contributed by atoms with Crippen LogP contribution in [0.2, 0.25) is 0 Å². The van der Waals surface area contributed by atoms with Crippen molar-refractivity contribution in [3.05, 3.63) is 58.9 Å². The third-order valence-corrected chi connectivity index (χ3v) is 3.50. The van der Waals surface area contributed by atoms with Gasteiger partial charge in [0.25, 0.3) is 5.91 Å². The van der Waals surface area contributed by atoms with Crippen molar-refractivity contribution >= 4 is 17.3 Å². The molecule has 0 aliphatic carbocycles. The highest BCUT2D eigenvalue weighted by molar-refractivity contribution is 6.05. The Balaban J connectivity index is 2.33. The van der Waals surface area contributed by atoms with E-state index in [1.807, 2.05) is 32.0 Å². The van der Waals surface area contributed by atoms with Gasteiger partial charge in [-0.15, -0.1) is 0 Å². The highest BCUT2D eigenvalue weighted by atomic mass is 19.1. The molecular formula is C17H19FN2O. The van der Waals surface area contributed by atoms with Crippen LogP contribution in [0.1, 0.15) is 35.3 Å². The van der Waals surface area contributed by atoms with E-state index >= 15 is 0 Å². The third-order valence-electron chi connectivity index (χ3n) is 3.50. The molecular weight excluding hydrogens is 267 g/mol. The maximum absolute atomic E-state index is 13.2. The van der Waals surface area contributed by atoms with Gasteiger partial charge in [0.15, 0.2) is 0 Å². The Hall–Kier alpha value is -2.36. The molecule has 1 amide bonds. The number of aryl methyl sites for hydroxylation is 2. The average molecular weight is 286 g/mol. The topological polar surface area (TPSA) is 55.1 Å². The van der Waals surface area contributed by atoms with Gasteiger partial charge in [0, 0.05) is 11.3 Å². The molecule has 0 heterocycles. The Bertz CT molecular complexity index is 646. The van der Waals surface area contributed by atoms with Gasteiger partial charge in [-0.1, -0.05) is 32.0 Å². The fourth-order valence-electron chi connectivity index (χ4n) is 2.27. The largest absolute Gasteiger partial charge is 0.396 e. The first kappa shape index (κ1) is 15.0. The molecule has 3 N–H and O–H groups in total. The van der Waals surface area contributed by atoms with Gasteiger partial charge in [-0.05, 0) is 42.2 Å². The standard InChI is InChI=1S/C17H19FN2O/c1-3-11-6-5-7-12(4-2)16(11)20-17(21)13-8-9-14(18)15(19)10-13/h5-10H,3-4,19H2,1-2H3,(H,20,21). The number of nitrogen functional groups attached to an aromatic ring is 1. The molecule has 21 heavy (non-hydrogen) atoms. The van der Waals surface area contributed by atoms with Gasteiger partial charge in [0.05, 0.1) is 5.69 Å². The summed E-state index contributed by atoms with van der Waals surface area (Å²) in [5, 5.41) is 2.93. The first-order valence-corrected chi connectivity index (χ1v) is 7.04. The Morgan fingerprint density at radius 2 is 1.76 bits per heavy atom. The molecule has 3 nitrogen and oxygen atoms in total. The van der Waals surface area contributed by atoms with Crippen molar-refractivity contribution in [2.45, 2.75) is 26.7 Å². The molecule has 0 radical (unpaired) electrons. The van der Waals surface area contributed by atoms with Crippen LogP contribution in [-0.4, -0.2) is 5.91 Å². The Labute approximate surface area is 124 Å². The minimum absolute atomic E-state index is 0.0258. The molecule has 0 fully saturated rings. The fourth-order valence-corrected chi connectivity index (χ4v) is 2.27. The zero-order valence-electron chi connectivity index (χ0n) is 12.2. The highest BCUT2D eigenvalue weighted by Crippen LogP contribution is 2.23. The van der Waals surface area contributed by atoms with E-state index in [4.69, 9.17) is 5.73 Å². The van der Waals surface area contributed by atoms with Gasteiger partial charge in [0.1, 0.15) is 5.82 Å². The smallest absolute Gasteiger partial charge is 0.255 e. The number of nitrogens with one attached hydrogen (secondary N) is 1. The molecule has 2 aromatic rings. The molecule has 0 aromatic heterocycles. The van der Waals surface area contributed by atoms with E-state index < -0.39 is 5.82 Å². The summed E-state index contributed by atoms with van der Waals surface area (Å²) in [6.07, 6.45) is 1.66. The number of carbonyl (C=O) groups excluding carboxylic acids is 1. The van der Waals surface area contributed by atoms with E-state index in [0.717, 1.165) is 29.7 Å². The molecule has 2 aromatic carbocycles. The van der Waals surface area contributed by atoms with Gasteiger partial charge in [-0.25, -0.2) is 4.39 Å². The predicted molar refractivity (Wildman–Crippen MR) is 84.0 cm³/mol. The molecule has 110 valence electrons. The number of nitrogens with two attached hydrogens (primary N) is 1. The molecule has 2 rings (SSSR count). The molecule has 0 bridgehead atoms. The van der Waals surface area contributed by atoms with Crippen LogP contribution in [0.25, 0.3) is 0 Å². The molecule has 0 spiro atoms. The monoisotopic (exact) mass is 286 g/mol. The van der Waals surface area contributed by atoms with Crippen molar-refractivity contribution in [3.63, 3.8) is 0 Å². The molecule has 0 saturated heterocycles. The van der Waals surface area contributed by atoms with E-state index in [0.29, 0.717) is 5.56 Å². The minimum atomic E-state index is -0.519. The summed E-state index contributed by atoms with van der Waals surface area (Å²) in [4.78, 5) is 12.3. The number of anilines is 2. The second-order valence-electron chi connectivity index (χ2n) is 4.85. The number of carbonyl (C=O) groups is 1. The second-order valence-corrected chi connectivity index (χ2v) is 4.85. The maximum atomic E-state index is 13.2. The predicted octanol–water partition coefficient (Wildman–Crippen LogP) is 3.79. The molecule has 0 unspecified atom stereocenters. The normalized spacial score (nSPS) is 10.4. The number of amides is 1. The van der Waals surface area contributed by atoms with Crippen LogP contribution in [0.3, 0.4) is 0 Å². The molecule has 4 heteroatoms. The average Bonchev–Trinajstić information content (AvgIpc) is 2.50. The first-order chi connectivity index (χ1) is 10.1. The Morgan fingerprint density at radius 1 is 1.14 bits per heavy atom. The zero-order chi connectivity index (χ0) is 15.4. The Morgan fingerprint density at radius 3 is 2.29 bits per heavy atom. The van der Waals surface area contributed by atoms with E-state index in [1.165, 1.54) is 18.2 Å². The molecule has 0 aliphatic heterocycles. The summed E-state index contributed by atoms with van der Waals surface area (Å²) in [5.74, 6) is -0.799. The number of benzene rings is 2. The van der Waals surface area contributed by atoms with Crippen molar-refractivity contribution in [2.75, 3.05) is 11.1 Å². The SMILES string of the molecule is CCc1cccc(CC)c1NC(=O)c1ccc(F)c(N)c1. The third kappa shape index (κ3) is 3.21. The lowest BCUT2D eigenvalue weighted by atomic mass is 10.0. The van der Waals surface area contributed by atoms with E-state index in [1.54, 1.807) is 0 Å². The van der Waals surface area contributed by atoms with Crippen molar-refractivity contribution in [1.82, 2.24) is 0 Å². The number of hydrogen-bond acceptors (Lipinski definition) is 2. The summed E-state index contributed by atoms with van der Waals surface area (Å²) in [7, 11) is 0. The maximum Gasteiger partial charge on any atom is 0.255 e. The summed E-state index contributed by atoms with van der Waals surface area (Å²) in [6, 6.07) is 9.97. The fraction of sp³-hybridized carbons (Fsp3) is 0.235. The second kappa shape index (κ2) is 6.39. The van der Waals surface area contributed by atoms with Crippen LogP contribution in [0.5, 0.6) is 0 Å². The summed E-state index contributed by atoms with van der Waals surface area (Å²) in [5.41, 5.74) is 8.84. The van der Waals surface area contributed by atoms with E-state index in [9.17, 15) is 9.18 Å².